The van der Waals surface area contributed by atoms with E-state index in [1.807, 2.05) is 86.2 Å². The number of hydrogen-bond acceptors (Lipinski definition) is 18. The maximum atomic E-state index is 4.66. The van der Waals surface area contributed by atoms with Crippen molar-refractivity contribution < 1.29 is 0 Å². The monoisotopic (exact) mass is 1620 g/mol. The fraction of sp³-hybridized carbons (Fsp3) is 0.200. The molecule has 12 heterocycles. The van der Waals surface area contributed by atoms with Crippen LogP contribution in [-0.2, 0) is 0 Å². The molecule has 618 valence electrons. The fourth-order valence-electron chi connectivity index (χ4n) is 17.9. The molecular weight excluding hydrogens is 1510 g/mol. The van der Waals surface area contributed by atoms with Crippen molar-refractivity contribution in [2.45, 2.75) is 120 Å². The number of rotatable bonds is 9. The molecule has 0 saturated carbocycles. The topological polar surface area (TPSA) is 116 Å². The highest BCUT2D eigenvalue weighted by Gasteiger charge is 2.41. The van der Waals surface area contributed by atoms with Crippen molar-refractivity contribution in [3.8, 4) is 0 Å². The normalized spacial score (nSPS) is 17.2. The Morgan fingerprint density at radius 2 is 0.415 bits per heavy atom. The predicted molar refractivity (Wildman–Crippen MR) is 513 cm³/mol. The Morgan fingerprint density at radius 3 is 0.813 bits per heavy atom. The molecule has 0 amide bonds. The molecule has 0 radical (unpaired) electrons. The van der Waals surface area contributed by atoms with Gasteiger partial charge in [0.05, 0.1) is 81.7 Å². The molecular formula is C105H108N18. The molecule has 0 fully saturated rings. The van der Waals surface area contributed by atoms with Crippen molar-refractivity contribution in [3.63, 3.8) is 0 Å². The van der Waals surface area contributed by atoms with E-state index in [0.29, 0.717) is 12.3 Å². The van der Waals surface area contributed by atoms with Gasteiger partial charge in [0.2, 0.25) is 0 Å². The lowest BCUT2D eigenvalue weighted by Gasteiger charge is -2.31. The van der Waals surface area contributed by atoms with E-state index in [-0.39, 0.29) is 24.7 Å². The number of aromatic nitrogens is 6. The SMILES string of the molecule is Cc1ccccc1N1c2cccnc2N(C)[C@@H]1C.Cc1ccccc1N1c2cccnc2N(c2ccccc2)[C@@H]1C.Cc1ccccc1N1c2ccncc2N(C)[C@@H]1C.Cc1ccccc1N1c2ccncc2N(c2ccccc2)[C@@H]1C.Cc1ccccc1N1c2cnccc2N(C)[C@@H]1C.Cc1ccccc1N1c2cnccc2N(c2ccccc2)[C@@H]1C. The Balaban J connectivity index is 0.000000110. The molecule has 0 N–H and O–H groups in total. The van der Waals surface area contributed by atoms with Gasteiger partial charge >= 0.3 is 0 Å². The van der Waals surface area contributed by atoms with Crippen molar-refractivity contribution in [1.82, 2.24) is 29.9 Å². The molecule has 6 aliphatic heterocycles. The van der Waals surface area contributed by atoms with Crippen LogP contribution in [0.5, 0.6) is 0 Å². The molecule has 18 heteroatoms. The van der Waals surface area contributed by atoms with Gasteiger partial charge in [-0.3, -0.25) is 19.9 Å². The number of para-hydroxylation sites is 9. The first-order chi connectivity index (χ1) is 59.9. The summed E-state index contributed by atoms with van der Waals surface area (Å²) in [5.74, 6) is 2.06. The number of nitrogens with zero attached hydrogens (tertiary/aromatic N) is 18. The van der Waals surface area contributed by atoms with Gasteiger partial charge in [-0.25, -0.2) is 9.97 Å². The van der Waals surface area contributed by atoms with Gasteiger partial charge in [0.1, 0.15) is 37.0 Å². The van der Waals surface area contributed by atoms with Gasteiger partial charge in [-0.15, -0.1) is 0 Å². The van der Waals surface area contributed by atoms with Crippen LogP contribution < -0.4 is 58.8 Å². The summed E-state index contributed by atoms with van der Waals surface area (Å²) >= 11 is 0. The van der Waals surface area contributed by atoms with Crippen molar-refractivity contribution in [2.24, 2.45) is 0 Å². The van der Waals surface area contributed by atoms with Crippen LogP contribution in [0.1, 0.15) is 74.9 Å². The fourth-order valence-corrected chi connectivity index (χ4v) is 17.9. The van der Waals surface area contributed by atoms with Gasteiger partial charge in [0.25, 0.3) is 0 Å². The first kappa shape index (κ1) is 82.2. The van der Waals surface area contributed by atoms with Crippen molar-refractivity contribution in [3.05, 3.63) is 380 Å². The van der Waals surface area contributed by atoms with E-state index < -0.39 is 0 Å². The van der Waals surface area contributed by atoms with Gasteiger partial charge in [0, 0.05) is 110 Å². The van der Waals surface area contributed by atoms with Crippen LogP contribution in [0.4, 0.5) is 120 Å². The zero-order chi connectivity index (χ0) is 85.5. The standard InChI is InChI=1S/3C20H19N3.3C15H17N3/c1-15-9-6-7-12-18(15)23-16(2)22(17-10-4-3-5-11-17)20-19(23)13-8-14-21-20;1-15-8-6-7-11-18(15)23-16(2)22(17-9-4-3-5-10-17)20-14-21-13-12-19(20)23;1-15-8-6-7-11-18(15)23-16(2)22(17-9-4-3-5-10-17)19-12-13-21-14-20(19)23;1-11-7-4-5-8-13(11)18-12(2)17(3)15-14(18)9-6-10-16-15;1-11-6-4-5-7-13(11)18-12(2)17(3)15-10-16-9-8-14(15)18;1-11-6-4-5-7-13(11)18-12(2)17(3)14-8-9-16-10-15(14)18/h3*3-14,16H,1-2H3;3*4-10,12H,1-3H3/t3*16-;3*12-/m000000/s1. The second-order valence-corrected chi connectivity index (χ2v) is 31.8. The van der Waals surface area contributed by atoms with E-state index in [9.17, 15) is 0 Å². The Labute approximate surface area is 725 Å². The third-order valence-electron chi connectivity index (χ3n) is 24.4. The molecule has 6 atom stereocenters. The Bertz CT molecular complexity index is 5540. The first-order valence-corrected chi connectivity index (χ1v) is 42.4. The molecule has 6 aromatic heterocycles. The molecule has 0 saturated heterocycles. The third kappa shape index (κ3) is 16.0. The largest absolute Gasteiger partial charge is 0.352 e. The number of anilines is 21. The number of pyridine rings is 6. The van der Waals surface area contributed by atoms with Crippen LogP contribution in [0.2, 0.25) is 0 Å². The van der Waals surface area contributed by atoms with E-state index in [4.69, 9.17) is 0 Å². The highest BCUT2D eigenvalue weighted by Crippen LogP contribution is 2.53. The highest BCUT2D eigenvalue weighted by atomic mass is 15.5. The molecule has 9 aromatic carbocycles. The number of benzene rings is 9. The predicted octanol–water partition coefficient (Wildman–Crippen LogP) is 25.0. The molecule has 0 bridgehead atoms. The zero-order valence-electron chi connectivity index (χ0n) is 72.9. The Kier molecular flexibility index (Phi) is 24.2. The summed E-state index contributed by atoms with van der Waals surface area (Å²) in [4.78, 5) is 54.3. The lowest BCUT2D eigenvalue weighted by Crippen LogP contribution is -2.36. The average molecular weight is 1620 g/mol. The Hall–Kier alpha value is -14.5. The van der Waals surface area contributed by atoms with Crippen molar-refractivity contribution in [2.75, 3.05) is 79.9 Å². The summed E-state index contributed by atoms with van der Waals surface area (Å²) in [5.41, 5.74) is 30.6. The highest BCUT2D eigenvalue weighted by molar-refractivity contribution is 5.92. The van der Waals surface area contributed by atoms with E-state index in [2.05, 4.69) is 454 Å². The number of hydrogen-bond donors (Lipinski definition) is 0. The molecule has 15 aromatic rings. The van der Waals surface area contributed by atoms with Crippen molar-refractivity contribution >= 4 is 120 Å². The Morgan fingerprint density at radius 1 is 0.179 bits per heavy atom. The lowest BCUT2D eigenvalue weighted by molar-refractivity contribution is 0.728. The molecule has 18 nitrogen and oxygen atoms in total. The maximum Gasteiger partial charge on any atom is 0.158 e. The summed E-state index contributed by atoms with van der Waals surface area (Å²) in [5, 5.41) is 0. The molecule has 0 unspecified atom stereocenters. The minimum atomic E-state index is 0.170. The lowest BCUT2D eigenvalue weighted by atomic mass is 10.1. The van der Waals surface area contributed by atoms with E-state index >= 15 is 0 Å². The zero-order valence-corrected chi connectivity index (χ0v) is 72.9. The smallest absolute Gasteiger partial charge is 0.158 e. The quantitative estimate of drug-likeness (QED) is 0.136. The van der Waals surface area contributed by atoms with E-state index in [1.54, 1.807) is 0 Å². The van der Waals surface area contributed by atoms with Crippen LogP contribution >= 0.6 is 0 Å². The van der Waals surface area contributed by atoms with Gasteiger partial charge in [-0.05, 0) is 238 Å². The van der Waals surface area contributed by atoms with Crippen LogP contribution in [-0.4, -0.2) is 88.0 Å². The summed E-state index contributed by atoms with van der Waals surface area (Å²) in [6, 6.07) is 99.1. The summed E-state index contributed by atoms with van der Waals surface area (Å²) in [7, 11) is 6.33. The van der Waals surface area contributed by atoms with Crippen LogP contribution in [0.3, 0.4) is 0 Å². The first-order valence-electron chi connectivity index (χ1n) is 42.4. The summed E-state index contributed by atoms with van der Waals surface area (Å²) < 4.78 is 0. The third-order valence-corrected chi connectivity index (χ3v) is 24.4. The van der Waals surface area contributed by atoms with Crippen LogP contribution in [0, 0.1) is 41.5 Å². The second kappa shape index (κ2) is 36.2. The molecule has 0 spiro atoms. The summed E-state index contributed by atoms with van der Waals surface area (Å²) in [6.45, 7) is 26.3. The van der Waals surface area contributed by atoms with Crippen molar-refractivity contribution in [1.29, 1.82) is 0 Å². The van der Waals surface area contributed by atoms with Gasteiger partial charge in [0.15, 0.2) is 11.6 Å². The molecule has 6 aliphatic rings. The van der Waals surface area contributed by atoms with Crippen LogP contribution in [0.15, 0.2) is 347 Å². The molecule has 0 aliphatic carbocycles. The average Bonchev–Trinajstić information content (AvgIpc) is 1.60. The van der Waals surface area contributed by atoms with Gasteiger partial charge < -0.3 is 58.8 Å². The van der Waals surface area contributed by atoms with Gasteiger partial charge in [-0.1, -0.05) is 164 Å². The number of aryl methyl sites for hydroxylation is 6. The van der Waals surface area contributed by atoms with Gasteiger partial charge in [-0.2, -0.15) is 0 Å². The minimum Gasteiger partial charge on any atom is -0.352 e. The summed E-state index contributed by atoms with van der Waals surface area (Å²) in [6.07, 6.45) is 20.4. The molecule has 21 rings (SSSR count). The second-order valence-electron chi connectivity index (χ2n) is 31.8. The maximum absolute atomic E-state index is 4.66. The van der Waals surface area contributed by atoms with Crippen LogP contribution in [0.25, 0.3) is 0 Å². The number of fused-ring (bicyclic) bond motifs is 6. The molecule has 123 heavy (non-hydrogen) atoms. The minimum absolute atomic E-state index is 0.170. The van der Waals surface area contributed by atoms with E-state index in [0.717, 1.165) is 34.4 Å². The van der Waals surface area contributed by atoms with E-state index in [1.165, 1.54) is 119 Å².